The van der Waals surface area contributed by atoms with E-state index in [4.69, 9.17) is 0 Å². The number of imidazole rings is 1. The van der Waals surface area contributed by atoms with Crippen molar-refractivity contribution < 1.29 is 0 Å². The maximum Gasteiger partial charge on any atom is 0.139 e. The van der Waals surface area contributed by atoms with Crippen LogP contribution in [0.1, 0.15) is 0 Å². The van der Waals surface area contributed by atoms with Crippen LogP contribution in [0.2, 0.25) is 0 Å². The molecule has 0 aliphatic carbocycles. The Balaban J connectivity index is 2.09. The largest absolute Gasteiger partial charge is 0.334 e. The minimum Gasteiger partial charge on any atom is -0.334 e. The summed E-state index contributed by atoms with van der Waals surface area (Å²) in [4.78, 5) is 5.67. The van der Waals surface area contributed by atoms with Crippen LogP contribution in [-0.2, 0) is 7.05 Å². The number of aryl methyl sites for hydroxylation is 1. The van der Waals surface area contributed by atoms with Crippen molar-refractivity contribution in [3.63, 3.8) is 0 Å². The van der Waals surface area contributed by atoms with Crippen LogP contribution in [0.4, 0.5) is 0 Å². The van der Waals surface area contributed by atoms with Crippen LogP contribution in [0.3, 0.4) is 0 Å². The zero-order valence-corrected chi connectivity index (χ0v) is 10.3. The second-order valence-electron chi connectivity index (χ2n) is 3.92. The molecule has 2 nitrogen and oxygen atoms in total. The van der Waals surface area contributed by atoms with Gasteiger partial charge in [-0.3, -0.25) is 0 Å². The third kappa shape index (κ3) is 1.89. The summed E-state index contributed by atoms with van der Waals surface area (Å²) in [6.45, 7) is 0. The Kier molecular flexibility index (Phi) is 2.53. The van der Waals surface area contributed by atoms with E-state index in [9.17, 15) is 0 Å². The zero-order valence-electron chi connectivity index (χ0n) is 9.50. The lowest BCUT2D eigenvalue weighted by Gasteiger charge is -2.04. The van der Waals surface area contributed by atoms with Crippen molar-refractivity contribution in [2.75, 3.05) is 0 Å². The standard InChI is InChI=1S/C14H12N2S/c1-16-8-7-15-14(16)12-5-2-4-11(10-12)13-6-3-9-17-13/h2-10H,1H3. The van der Waals surface area contributed by atoms with Gasteiger partial charge in [-0.1, -0.05) is 24.3 Å². The molecule has 0 saturated heterocycles. The molecule has 2 aromatic heterocycles. The molecular formula is C14H12N2S. The van der Waals surface area contributed by atoms with Crippen LogP contribution in [0.25, 0.3) is 21.8 Å². The Morgan fingerprint density at radius 1 is 1.12 bits per heavy atom. The highest BCUT2D eigenvalue weighted by Crippen LogP contribution is 2.28. The summed E-state index contributed by atoms with van der Waals surface area (Å²) >= 11 is 1.76. The maximum absolute atomic E-state index is 4.37. The van der Waals surface area contributed by atoms with Crippen LogP contribution in [0, 0.1) is 0 Å². The monoisotopic (exact) mass is 240 g/mol. The summed E-state index contributed by atoms with van der Waals surface area (Å²) in [5.74, 6) is 1.00. The van der Waals surface area contributed by atoms with Gasteiger partial charge in [-0.25, -0.2) is 4.98 Å². The number of hydrogen-bond acceptors (Lipinski definition) is 2. The summed E-state index contributed by atoms with van der Waals surface area (Å²) in [7, 11) is 2.01. The second kappa shape index (κ2) is 4.18. The third-order valence-electron chi connectivity index (χ3n) is 2.75. The average molecular weight is 240 g/mol. The molecule has 0 atom stereocenters. The first-order valence-corrected chi connectivity index (χ1v) is 6.34. The average Bonchev–Trinajstić information content (AvgIpc) is 2.99. The molecule has 0 spiro atoms. The summed E-state index contributed by atoms with van der Waals surface area (Å²) in [5.41, 5.74) is 2.41. The van der Waals surface area contributed by atoms with Gasteiger partial charge in [0.1, 0.15) is 5.82 Å². The molecule has 1 aromatic carbocycles. The molecule has 0 fully saturated rings. The Morgan fingerprint density at radius 2 is 2.00 bits per heavy atom. The van der Waals surface area contributed by atoms with Crippen LogP contribution in [0.5, 0.6) is 0 Å². The second-order valence-corrected chi connectivity index (χ2v) is 4.87. The predicted octanol–water partition coefficient (Wildman–Crippen LogP) is 3.82. The van der Waals surface area contributed by atoms with E-state index in [-0.39, 0.29) is 0 Å². The molecule has 3 aromatic rings. The van der Waals surface area contributed by atoms with Gasteiger partial charge in [-0.05, 0) is 23.1 Å². The highest BCUT2D eigenvalue weighted by atomic mass is 32.1. The molecule has 0 unspecified atom stereocenters. The molecular weight excluding hydrogens is 228 g/mol. The van der Waals surface area contributed by atoms with Crippen molar-refractivity contribution in [1.29, 1.82) is 0 Å². The van der Waals surface area contributed by atoms with Gasteiger partial charge in [0, 0.05) is 29.9 Å². The molecule has 2 heterocycles. The molecule has 0 radical (unpaired) electrons. The van der Waals surface area contributed by atoms with E-state index < -0.39 is 0 Å². The summed E-state index contributed by atoms with van der Waals surface area (Å²) < 4.78 is 2.04. The van der Waals surface area contributed by atoms with Crippen LogP contribution < -0.4 is 0 Å². The first-order chi connectivity index (χ1) is 8.34. The van der Waals surface area contributed by atoms with Crippen molar-refractivity contribution in [3.05, 3.63) is 54.2 Å². The van der Waals surface area contributed by atoms with Crippen molar-refractivity contribution in [3.8, 4) is 21.8 Å². The fourth-order valence-corrected chi connectivity index (χ4v) is 2.62. The number of hydrogen-bond donors (Lipinski definition) is 0. The van der Waals surface area contributed by atoms with Crippen LogP contribution in [-0.4, -0.2) is 9.55 Å². The van der Waals surface area contributed by atoms with Gasteiger partial charge in [-0.2, -0.15) is 0 Å². The summed E-state index contributed by atoms with van der Waals surface area (Å²) in [6, 6.07) is 12.7. The van der Waals surface area contributed by atoms with Gasteiger partial charge in [0.05, 0.1) is 0 Å². The number of thiophene rings is 1. The van der Waals surface area contributed by atoms with E-state index in [1.807, 2.05) is 24.0 Å². The Labute approximate surface area is 104 Å². The number of benzene rings is 1. The molecule has 17 heavy (non-hydrogen) atoms. The Morgan fingerprint density at radius 3 is 2.71 bits per heavy atom. The third-order valence-corrected chi connectivity index (χ3v) is 3.67. The van der Waals surface area contributed by atoms with E-state index in [0.717, 1.165) is 11.4 Å². The highest BCUT2D eigenvalue weighted by molar-refractivity contribution is 7.13. The molecule has 0 saturated carbocycles. The van der Waals surface area contributed by atoms with E-state index in [1.165, 1.54) is 10.4 Å². The smallest absolute Gasteiger partial charge is 0.139 e. The Bertz CT molecular complexity index is 623. The van der Waals surface area contributed by atoms with Gasteiger partial charge >= 0.3 is 0 Å². The number of nitrogens with zero attached hydrogens (tertiary/aromatic N) is 2. The van der Waals surface area contributed by atoms with Gasteiger partial charge in [0.25, 0.3) is 0 Å². The van der Waals surface area contributed by atoms with Crippen molar-refractivity contribution in [2.45, 2.75) is 0 Å². The molecule has 3 rings (SSSR count). The normalized spacial score (nSPS) is 10.6. The topological polar surface area (TPSA) is 17.8 Å². The van der Waals surface area contributed by atoms with Crippen LogP contribution >= 0.6 is 11.3 Å². The fourth-order valence-electron chi connectivity index (χ4n) is 1.90. The van der Waals surface area contributed by atoms with E-state index in [1.54, 1.807) is 11.3 Å². The number of aromatic nitrogens is 2. The van der Waals surface area contributed by atoms with Gasteiger partial charge in [-0.15, -0.1) is 11.3 Å². The minimum atomic E-state index is 1.00. The molecule has 84 valence electrons. The van der Waals surface area contributed by atoms with Gasteiger partial charge in [0.15, 0.2) is 0 Å². The van der Waals surface area contributed by atoms with E-state index in [0.29, 0.717) is 0 Å². The fraction of sp³-hybridized carbons (Fsp3) is 0.0714. The Hall–Kier alpha value is -1.87. The summed E-state index contributed by atoms with van der Waals surface area (Å²) in [6.07, 6.45) is 3.79. The SMILES string of the molecule is Cn1ccnc1-c1cccc(-c2cccs2)c1. The molecule has 0 bridgehead atoms. The molecule has 0 N–H and O–H groups in total. The predicted molar refractivity (Wildman–Crippen MR) is 72.0 cm³/mol. The van der Waals surface area contributed by atoms with E-state index >= 15 is 0 Å². The molecule has 0 amide bonds. The lowest BCUT2D eigenvalue weighted by Crippen LogP contribution is -1.91. The van der Waals surface area contributed by atoms with Gasteiger partial charge in [0.2, 0.25) is 0 Å². The molecule has 0 aliphatic rings. The van der Waals surface area contributed by atoms with Crippen molar-refractivity contribution in [2.24, 2.45) is 7.05 Å². The van der Waals surface area contributed by atoms with E-state index in [2.05, 4.69) is 46.8 Å². The lowest BCUT2D eigenvalue weighted by atomic mass is 10.1. The maximum atomic E-state index is 4.37. The zero-order chi connectivity index (χ0) is 11.7. The molecule has 3 heteroatoms. The first-order valence-electron chi connectivity index (χ1n) is 5.46. The highest BCUT2D eigenvalue weighted by Gasteiger charge is 2.05. The lowest BCUT2D eigenvalue weighted by molar-refractivity contribution is 0.925. The summed E-state index contributed by atoms with van der Waals surface area (Å²) in [5, 5.41) is 2.10. The minimum absolute atomic E-state index is 1.00. The number of rotatable bonds is 2. The van der Waals surface area contributed by atoms with Crippen molar-refractivity contribution in [1.82, 2.24) is 9.55 Å². The molecule has 0 aliphatic heterocycles. The van der Waals surface area contributed by atoms with Crippen LogP contribution in [0.15, 0.2) is 54.2 Å². The van der Waals surface area contributed by atoms with Crippen molar-refractivity contribution >= 4 is 11.3 Å². The first kappa shape index (κ1) is 10.3. The quantitative estimate of drug-likeness (QED) is 0.666. The van der Waals surface area contributed by atoms with Gasteiger partial charge < -0.3 is 4.57 Å².